The summed E-state index contributed by atoms with van der Waals surface area (Å²) in [5, 5.41) is 7.31. The monoisotopic (exact) mass is 443 g/mol. The van der Waals surface area contributed by atoms with Crippen molar-refractivity contribution in [2.45, 2.75) is 13.8 Å². The second-order valence-electron chi connectivity index (χ2n) is 6.74. The number of halogens is 1. The summed E-state index contributed by atoms with van der Waals surface area (Å²) in [4.78, 5) is 24.8. The minimum atomic E-state index is -0.721. The third-order valence-corrected chi connectivity index (χ3v) is 4.66. The lowest BCUT2D eigenvalue weighted by Gasteiger charge is -2.12. The van der Waals surface area contributed by atoms with Gasteiger partial charge in [0.15, 0.2) is 18.1 Å². The quantitative estimate of drug-likeness (QED) is 0.556. The summed E-state index contributed by atoms with van der Waals surface area (Å²) in [6, 6.07) is 12.3. The number of rotatable bonds is 7. The number of esters is 1. The first-order valence-electron chi connectivity index (χ1n) is 9.34. The number of hydrogen-bond acceptors (Lipinski definition) is 6. The van der Waals surface area contributed by atoms with Gasteiger partial charge < -0.3 is 19.5 Å². The topological polar surface area (TPSA) is 91.7 Å². The van der Waals surface area contributed by atoms with Crippen LogP contribution in [0.5, 0.6) is 11.5 Å². The first kappa shape index (κ1) is 22.2. The second kappa shape index (κ2) is 9.53. The number of aromatic nitrogens is 2. The lowest BCUT2D eigenvalue weighted by atomic mass is 10.2. The van der Waals surface area contributed by atoms with Crippen LogP contribution in [0.25, 0.3) is 5.69 Å². The Morgan fingerprint density at radius 2 is 1.77 bits per heavy atom. The van der Waals surface area contributed by atoms with Crippen LogP contribution in [0.4, 0.5) is 5.82 Å². The highest BCUT2D eigenvalue weighted by atomic mass is 35.5. The van der Waals surface area contributed by atoms with Gasteiger partial charge in [0.25, 0.3) is 5.91 Å². The predicted octanol–water partition coefficient (Wildman–Crippen LogP) is 3.96. The van der Waals surface area contributed by atoms with Crippen molar-refractivity contribution in [2.24, 2.45) is 0 Å². The van der Waals surface area contributed by atoms with Crippen LogP contribution in [0.1, 0.15) is 21.6 Å². The Morgan fingerprint density at radius 3 is 2.42 bits per heavy atom. The normalized spacial score (nSPS) is 10.5. The van der Waals surface area contributed by atoms with Crippen LogP contribution in [0.3, 0.4) is 0 Å². The fourth-order valence-corrected chi connectivity index (χ4v) is 3.19. The molecule has 2 aromatic carbocycles. The average molecular weight is 444 g/mol. The number of nitrogens with one attached hydrogen (secondary N) is 1. The Morgan fingerprint density at radius 1 is 1.06 bits per heavy atom. The maximum Gasteiger partial charge on any atom is 0.338 e. The van der Waals surface area contributed by atoms with E-state index in [9.17, 15) is 9.59 Å². The van der Waals surface area contributed by atoms with E-state index in [1.165, 1.54) is 26.4 Å². The Bertz CT molecular complexity index is 1110. The molecular weight excluding hydrogens is 422 g/mol. The Balaban J connectivity index is 1.68. The van der Waals surface area contributed by atoms with Gasteiger partial charge in [0, 0.05) is 6.07 Å². The van der Waals surface area contributed by atoms with Crippen LogP contribution in [0.2, 0.25) is 5.02 Å². The Labute approximate surface area is 184 Å². The lowest BCUT2D eigenvalue weighted by molar-refractivity contribution is -0.119. The highest BCUT2D eigenvalue weighted by Crippen LogP contribution is 2.36. The number of benzene rings is 2. The number of ether oxygens (including phenoxy) is 3. The summed E-state index contributed by atoms with van der Waals surface area (Å²) in [6.07, 6.45) is 0. The number of methoxy groups -OCH3 is 2. The van der Waals surface area contributed by atoms with Crippen LogP contribution < -0.4 is 14.8 Å². The number of carbonyl (C=O) groups is 2. The SMILES string of the molecule is COc1cc(C(=O)OCC(=O)Nc2cc(C)nn2-c2ccc(C)cc2)cc(Cl)c1OC. The molecule has 0 fully saturated rings. The van der Waals surface area contributed by atoms with Crippen molar-refractivity contribution in [3.63, 3.8) is 0 Å². The van der Waals surface area contributed by atoms with E-state index in [0.29, 0.717) is 11.6 Å². The standard InChI is InChI=1S/C22H22ClN3O5/c1-13-5-7-16(8-6-13)26-19(9-14(2)25-26)24-20(27)12-31-22(28)15-10-17(23)21(30-4)18(11-15)29-3/h5-11H,12H2,1-4H3,(H,24,27). The number of anilines is 1. The van der Waals surface area contributed by atoms with E-state index in [1.807, 2.05) is 38.1 Å². The van der Waals surface area contributed by atoms with E-state index < -0.39 is 18.5 Å². The zero-order chi connectivity index (χ0) is 22.5. The third kappa shape index (κ3) is 5.16. The molecule has 31 heavy (non-hydrogen) atoms. The fraction of sp³-hybridized carbons (Fsp3) is 0.227. The zero-order valence-corrected chi connectivity index (χ0v) is 18.3. The van der Waals surface area contributed by atoms with Crippen LogP contribution in [-0.4, -0.2) is 42.5 Å². The summed E-state index contributed by atoms with van der Waals surface area (Å²) < 4.78 is 17.0. The van der Waals surface area contributed by atoms with Crippen molar-refractivity contribution < 1.29 is 23.8 Å². The van der Waals surface area contributed by atoms with Gasteiger partial charge in [-0.25, -0.2) is 9.48 Å². The summed E-state index contributed by atoms with van der Waals surface area (Å²) in [5.41, 5.74) is 2.77. The molecule has 0 unspecified atom stereocenters. The molecule has 0 spiro atoms. The van der Waals surface area contributed by atoms with Gasteiger partial charge in [0.1, 0.15) is 5.82 Å². The summed E-state index contributed by atoms with van der Waals surface area (Å²) in [6.45, 7) is 3.32. The highest BCUT2D eigenvalue weighted by Gasteiger charge is 2.18. The van der Waals surface area contributed by atoms with E-state index in [-0.39, 0.29) is 16.3 Å². The molecule has 0 atom stereocenters. The minimum Gasteiger partial charge on any atom is -0.493 e. The van der Waals surface area contributed by atoms with Crippen molar-refractivity contribution in [1.82, 2.24) is 9.78 Å². The fourth-order valence-electron chi connectivity index (χ4n) is 2.90. The van der Waals surface area contributed by atoms with Crippen molar-refractivity contribution >= 4 is 29.3 Å². The summed E-state index contributed by atoms with van der Waals surface area (Å²) in [5.74, 6) is -0.173. The first-order valence-corrected chi connectivity index (χ1v) is 9.72. The van der Waals surface area contributed by atoms with Crippen LogP contribution in [-0.2, 0) is 9.53 Å². The molecule has 1 aromatic heterocycles. The minimum absolute atomic E-state index is 0.135. The smallest absolute Gasteiger partial charge is 0.338 e. The molecule has 0 aliphatic heterocycles. The number of carbonyl (C=O) groups excluding carboxylic acids is 2. The van der Waals surface area contributed by atoms with Crippen molar-refractivity contribution in [1.29, 1.82) is 0 Å². The van der Waals surface area contributed by atoms with Crippen molar-refractivity contribution in [3.05, 3.63) is 64.3 Å². The van der Waals surface area contributed by atoms with Gasteiger partial charge in [-0.3, -0.25) is 4.79 Å². The van der Waals surface area contributed by atoms with Gasteiger partial charge in [0.05, 0.1) is 36.2 Å². The molecular formula is C22H22ClN3O5. The second-order valence-corrected chi connectivity index (χ2v) is 7.14. The highest BCUT2D eigenvalue weighted by molar-refractivity contribution is 6.32. The van der Waals surface area contributed by atoms with Crippen LogP contribution in [0, 0.1) is 13.8 Å². The Hall–Kier alpha value is -3.52. The molecule has 1 heterocycles. The van der Waals surface area contributed by atoms with Gasteiger partial charge in [-0.05, 0) is 38.1 Å². The lowest BCUT2D eigenvalue weighted by Crippen LogP contribution is -2.22. The molecule has 0 bridgehead atoms. The molecule has 162 valence electrons. The molecule has 0 saturated heterocycles. The van der Waals surface area contributed by atoms with E-state index in [1.54, 1.807) is 10.7 Å². The third-order valence-electron chi connectivity index (χ3n) is 4.38. The first-order chi connectivity index (χ1) is 14.8. The molecule has 1 N–H and O–H groups in total. The number of nitrogens with zero attached hydrogens (tertiary/aromatic N) is 2. The molecule has 0 radical (unpaired) electrons. The van der Waals surface area contributed by atoms with Gasteiger partial charge >= 0.3 is 5.97 Å². The molecule has 0 aliphatic carbocycles. The van der Waals surface area contributed by atoms with E-state index in [4.69, 9.17) is 25.8 Å². The molecule has 9 heteroatoms. The van der Waals surface area contributed by atoms with E-state index in [0.717, 1.165) is 16.9 Å². The zero-order valence-electron chi connectivity index (χ0n) is 17.6. The number of hydrogen-bond donors (Lipinski definition) is 1. The average Bonchev–Trinajstić information content (AvgIpc) is 3.11. The molecule has 0 aliphatic rings. The number of amides is 1. The van der Waals surface area contributed by atoms with E-state index in [2.05, 4.69) is 10.4 Å². The summed E-state index contributed by atoms with van der Waals surface area (Å²) >= 11 is 6.11. The largest absolute Gasteiger partial charge is 0.493 e. The Kier molecular flexibility index (Phi) is 6.81. The van der Waals surface area contributed by atoms with Crippen molar-refractivity contribution in [2.75, 3.05) is 26.1 Å². The van der Waals surface area contributed by atoms with Crippen LogP contribution in [0.15, 0.2) is 42.5 Å². The summed E-state index contributed by atoms with van der Waals surface area (Å²) in [7, 11) is 2.87. The van der Waals surface area contributed by atoms with Crippen LogP contribution >= 0.6 is 11.6 Å². The predicted molar refractivity (Wildman–Crippen MR) is 117 cm³/mol. The van der Waals surface area contributed by atoms with Gasteiger partial charge in [-0.2, -0.15) is 5.10 Å². The molecule has 1 amide bonds. The van der Waals surface area contributed by atoms with Crippen molar-refractivity contribution in [3.8, 4) is 17.2 Å². The maximum absolute atomic E-state index is 12.4. The molecule has 3 rings (SSSR count). The van der Waals surface area contributed by atoms with Gasteiger partial charge in [0.2, 0.25) is 0 Å². The maximum atomic E-state index is 12.4. The molecule has 0 saturated carbocycles. The van der Waals surface area contributed by atoms with Gasteiger partial charge in [-0.15, -0.1) is 0 Å². The molecule has 8 nitrogen and oxygen atoms in total. The molecule has 3 aromatic rings. The number of aryl methyl sites for hydroxylation is 2. The van der Waals surface area contributed by atoms with Gasteiger partial charge in [-0.1, -0.05) is 29.3 Å². The van der Waals surface area contributed by atoms with E-state index >= 15 is 0 Å².